The van der Waals surface area contributed by atoms with Crippen molar-refractivity contribution in [1.82, 2.24) is 0 Å². The fourth-order valence-corrected chi connectivity index (χ4v) is 5.10. The molecule has 3 aliphatic heterocycles. The van der Waals surface area contributed by atoms with E-state index in [0.717, 1.165) is 32.1 Å². The van der Waals surface area contributed by atoms with Gasteiger partial charge >= 0.3 is 0 Å². The van der Waals surface area contributed by atoms with E-state index >= 15 is 0 Å². The van der Waals surface area contributed by atoms with Crippen molar-refractivity contribution >= 4 is 0 Å². The van der Waals surface area contributed by atoms with E-state index in [2.05, 4.69) is 20.4 Å². The fraction of sp³-hybridized carbons (Fsp3) is 0.900. The Morgan fingerprint density at radius 2 is 1.80 bits per heavy atom. The van der Waals surface area contributed by atoms with Crippen molar-refractivity contribution < 1.29 is 24.1 Å². The van der Waals surface area contributed by atoms with Gasteiger partial charge < -0.3 is 24.1 Å². The molecule has 1 spiro atoms. The van der Waals surface area contributed by atoms with Gasteiger partial charge in [0.15, 0.2) is 5.79 Å². The lowest BCUT2D eigenvalue weighted by Crippen LogP contribution is -2.58. The molecule has 0 aromatic heterocycles. The Labute approximate surface area is 150 Å². The zero-order valence-corrected chi connectivity index (χ0v) is 15.5. The number of fused-ring (bicyclic) bond motifs is 1. The van der Waals surface area contributed by atoms with Crippen molar-refractivity contribution in [2.75, 3.05) is 6.61 Å². The second kappa shape index (κ2) is 6.61. The summed E-state index contributed by atoms with van der Waals surface area (Å²) in [6.45, 7) is 8.74. The predicted octanol–water partition coefficient (Wildman–Crippen LogP) is 2.95. The van der Waals surface area contributed by atoms with Gasteiger partial charge in [0.25, 0.3) is 0 Å². The second-order valence-corrected chi connectivity index (χ2v) is 8.83. The first-order valence-corrected chi connectivity index (χ1v) is 9.87. The van der Waals surface area contributed by atoms with Gasteiger partial charge in [0, 0.05) is 18.8 Å². The molecule has 0 amide bonds. The molecule has 1 unspecified atom stereocenters. The molecule has 5 nitrogen and oxygen atoms in total. The minimum atomic E-state index is -0.670. The highest BCUT2D eigenvalue weighted by molar-refractivity contribution is 5.04. The molecule has 1 aliphatic carbocycles. The van der Waals surface area contributed by atoms with E-state index < -0.39 is 11.9 Å². The molecule has 1 N–H and O–H groups in total. The summed E-state index contributed by atoms with van der Waals surface area (Å²) in [6.07, 6.45) is 7.10. The highest BCUT2D eigenvalue weighted by Crippen LogP contribution is 2.48. The number of rotatable bonds is 3. The Morgan fingerprint density at radius 3 is 2.44 bits per heavy atom. The number of hydrogen-bond donors (Lipinski definition) is 1. The maximum absolute atomic E-state index is 10.8. The van der Waals surface area contributed by atoms with Gasteiger partial charge in [-0.25, -0.2) is 0 Å². The standard InChI is InChI=1S/C20H32O5/c1-4-8-14-15(21)17-18(25-20(24-17)9-6-5-7-10-20)16(23-14)13-11-19(2,3)22-12-13/h4,13-18,21H,1,5-12H2,2-3H3/t13-,14+,15+,16+,17+,18?/m1/s1. The summed E-state index contributed by atoms with van der Waals surface area (Å²) < 4.78 is 25.2. The third-order valence-electron chi connectivity index (χ3n) is 6.32. The number of aliphatic hydroxyl groups excluding tert-OH is 1. The highest BCUT2D eigenvalue weighted by atomic mass is 16.8. The molecule has 0 aromatic carbocycles. The van der Waals surface area contributed by atoms with Crippen LogP contribution in [0.5, 0.6) is 0 Å². The molecule has 3 heterocycles. The third kappa shape index (κ3) is 3.30. The number of ether oxygens (including phenoxy) is 4. The first kappa shape index (κ1) is 17.9. The van der Waals surface area contributed by atoms with E-state index in [4.69, 9.17) is 18.9 Å². The lowest BCUT2D eigenvalue weighted by Gasteiger charge is -2.42. The second-order valence-electron chi connectivity index (χ2n) is 8.83. The van der Waals surface area contributed by atoms with E-state index in [0.29, 0.717) is 13.0 Å². The molecule has 142 valence electrons. The van der Waals surface area contributed by atoms with Crippen molar-refractivity contribution in [2.45, 2.75) is 101 Å². The van der Waals surface area contributed by atoms with E-state index in [-0.39, 0.29) is 35.9 Å². The van der Waals surface area contributed by atoms with Gasteiger partial charge in [0.05, 0.1) is 24.4 Å². The summed E-state index contributed by atoms with van der Waals surface area (Å²) in [5.41, 5.74) is -0.129. The molecule has 25 heavy (non-hydrogen) atoms. The molecular formula is C20H32O5. The van der Waals surface area contributed by atoms with Gasteiger partial charge in [-0.2, -0.15) is 0 Å². The molecular weight excluding hydrogens is 320 g/mol. The average Bonchev–Trinajstić information content (AvgIpc) is 3.12. The predicted molar refractivity (Wildman–Crippen MR) is 93.2 cm³/mol. The Kier molecular flexibility index (Phi) is 4.74. The Bertz CT molecular complexity index is 498. The largest absolute Gasteiger partial charge is 0.388 e. The maximum Gasteiger partial charge on any atom is 0.169 e. The van der Waals surface area contributed by atoms with Crippen LogP contribution in [0.25, 0.3) is 0 Å². The summed E-state index contributed by atoms with van der Waals surface area (Å²) in [5.74, 6) is -0.251. The molecule has 0 aromatic rings. The molecule has 1 saturated carbocycles. The van der Waals surface area contributed by atoms with Crippen LogP contribution in [0, 0.1) is 5.92 Å². The van der Waals surface area contributed by atoms with Gasteiger partial charge in [0.2, 0.25) is 0 Å². The molecule has 4 aliphatic rings. The topological polar surface area (TPSA) is 57.2 Å². The zero-order chi connectivity index (χ0) is 17.7. The lowest BCUT2D eigenvalue weighted by atomic mass is 9.84. The van der Waals surface area contributed by atoms with E-state index in [1.165, 1.54) is 6.42 Å². The zero-order valence-electron chi connectivity index (χ0n) is 15.5. The third-order valence-corrected chi connectivity index (χ3v) is 6.32. The van der Waals surface area contributed by atoms with E-state index in [1.54, 1.807) is 0 Å². The summed E-state index contributed by atoms with van der Waals surface area (Å²) in [6, 6.07) is 0. The first-order chi connectivity index (χ1) is 11.9. The Hall–Kier alpha value is -0.460. The summed E-state index contributed by atoms with van der Waals surface area (Å²) in [4.78, 5) is 0. The molecule has 0 bridgehead atoms. The Morgan fingerprint density at radius 1 is 1.08 bits per heavy atom. The summed E-state index contributed by atoms with van der Waals surface area (Å²) in [7, 11) is 0. The van der Waals surface area contributed by atoms with Crippen LogP contribution >= 0.6 is 0 Å². The van der Waals surface area contributed by atoms with Crippen LogP contribution in [-0.4, -0.2) is 53.6 Å². The van der Waals surface area contributed by atoms with Crippen molar-refractivity contribution in [3.8, 4) is 0 Å². The molecule has 4 fully saturated rings. The van der Waals surface area contributed by atoms with E-state index in [1.807, 2.05) is 6.08 Å². The SMILES string of the molecule is C=CC[C@@H]1O[C@@H]([C@H]2COC(C)(C)C2)C2OC3(CCCCC3)O[C@H]2[C@H]1O. The van der Waals surface area contributed by atoms with Gasteiger partial charge in [-0.1, -0.05) is 12.5 Å². The van der Waals surface area contributed by atoms with Crippen LogP contribution in [0.4, 0.5) is 0 Å². The number of aliphatic hydroxyl groups is 1. The minimum absolute atomic E-state index is 0.0959. The molecule has 5 heteroatoms. The quantitative estimate of drug-likeness (QED) is 0.792. The van der Waals surface area contributed by atoms with Gasteiger partial charge in [-0.3, -0.25) is 0 Å². The first-order valence-electron chi connectivity index (χ1n) is 9.87. The smallest absolute Gasteiger partial charge is 0.169 e. The normalized spacial score (nSPS) is 45.4. The van der Waals surface area contributed by atoms with Gasteiger partial charge in [-0.05, 0) is 39.5 Å². The molecule has 3 saturated heterocycles. The molecule has 4 rings (SSSR count). The van der Waals surface area contributed by atoms with Crippen molar-refractivity contribution in [3.63, 3.8) is 0 Å². The fourth-order valence-electron chi connectivity index (χ4n) is 5.10. The lowest BCUT2D eigenvalue weighted by molar-refractivity contribution is -0.203. The van der Waals surface area contributed by atoms with Crippen LogP contribution < -0.4 is 0 Å². The van der Waals surface area contributed by atoms with Crippen LogP contribution in [0.3, 0.4) is 0 Å². The van der Waals surface area contributed by atoms with Crippen LogP contribution in [0.15, 0.2) is 12.7 Å². The highest BCUT2D eigenvalue weighted by Gasteiger charge is 2.59. The summed E-state index contributed by atoms with van der Waals surface area (Å²) >= 11 is 0. The average molecular weight is 352 g/mol. The Balaban J connectivity index is 1.58. The number of hydrogen-bond acceptors (Lipinski definition) is 5. The minimum Gasteiger partial charge on any atom is -0.388 e. The summed E-state index contributed by atoms with van der Waals surface area (Å²) in [5, 5.41) is 10.8. The van der Waals surface area contributed by atoms with Gasteiger partial charge in [-0.15, -0.1) is 6.58 Å². The van der Waals surface area contributed by atoms with Crippen molar-refractivity contribution in [1.29, 1.82) is 0 Å². The van der Waals surface area contributed by atoms with Crippen LogP contribution in [0.1, 0.15) is 58.8 Å². The van der Waals surface area contributed by atoms with E-state index in [9.17, 15) is 5.11 Å². The van der Waals surface area contributed by atoms with Gasteiger partial charge in [0.1, 0.15) is 18.3 Å². The molecule has 0 radical (unpaired) electrons. The van der Waals surface area contributed by atoms with Crippen LogP contribution in [0.2, 0.25) is 0 Å². The van der Waals surface area contributed by atoms with Crippen molar-refractivity contribution in [2.24, 2.45) is 5.92 Å². The van der Waals surface area contributed by atoms with Crippen LogP contribution in [-0.2, 0) is 18.9 Å². The van der Waals surface area contributed by atoms with Crippen molar-refractivity contribution in [3.05, 3.63) is 12.7 Å². The maximum atomic E-state index is 10.8. The molecule has 6 atom stereocenters. The monoisotopic (exact) mass is 352 g/mol.